The molecule has 0 radical (unpaired) electrons. The molecule has 0 aromatic heterocycles. The second-order valence-corrected chi connectivity index (χ2v) is 7.92. The van der Waals surface area contributed by atoms with E-state index in [1.807, 2.05) is 6.92 Å². The molecule has 1 unspecified atom stereocenters. The number of Topliss-reactive ketones (excluding diaryl/α,β-unsaturated/α-hetero) is 1. The van der Waals surface area contributed by atoms with Crippen molar-refractivity contribution >= 4 is 17.4 Å². The number of aliphatic hydroxyl groups excluding tert-OH is 1. The number of hydrogen-bond donors (Lipinski definition) is 2. The lowest BCUT2D eigenvalue weighted by molar-refractivity contribution is -0.141. The van der Waals surface area contributed by atoms with Gasteiger partial charge in [0.25, 0.3) is 11.7 Å². The van der Waals surface area contributed by atoms with Gasteiger partial charge in [-0.1, -0.05) is 25.0 Å². The van der Waals surface area contributed by atoms with Gasteiger partial charge in [0.15, 0.2) is 0 Å². The monoisotopic (exact) mass is 407 g/mol. The molecule has 0 spiro atoms. The van der Waals surface area contributed by atoms with Gasteiger partial charge < -0.3 is 19.8 Å². The van der Waals surface area contributed by atoms with Crippen LogP contribution in [0.5, 0.6) is 11.5 Å². The van der Waals surface area contributed by atoms with Gasteiger partial charge in [-0.25, -0.2) is 0 Å². The summed E-state index contributed by atoms with van der Waals surface area (Å²) in [6.07, 6.45) is 3.64. The van der Waals surface area contributed by atoms with E-state index in [1.165, 1.54) is 6.07 Å². The normalized spacial score (nSPS) is 21.4. The molecule has 1 saturated carbocycles. The number of ketones is 1. The predicted molar refractivity (Wildman–Crippen MR) is 112 cm³/mol. The zero-order valence-electron chi connectivity index (χ0n) is 17.1. The van der Waals surface area contributed by atoms with Crippen molar-refractivity contribution in [1.29, 1.82) is 0 Å². The maximum atomic E-state index is 13.1. The van der Waals surface area contributed by atoms with Gasteiger partial charge in [0, 0.05) is 11.6 Å². The number of benzene rings is 2. The lowest BCUT2D eigenvalue weighted by Gasteiger charge is -2.30. The van der Waals surface area contributed by atoms with Crippen molar-refractivity contribution in [3.8, 4) is 11.5 Å². The summed E-state index contributed by atoms with van der Waals surface area (Å²) in [6, 6.07) is 10.9. The Morgan fingerprint density at radius 2 is 1.83 bits per heavy atom. The van der Waals surface area contributed by atoms with Crippen LogP contribution in [-0.2, 0) is 9.59 Å². The molecule has 1 aliphatic carbocycles. The van der Waals surface area contributed by atoms with E-state index in [0.717, 1.165) is 31.2 Å². The Labute approximate surface area is 175 Å². The van der Waals surface area contributed by atoms with Crippen LogP contribution < -0.4 is 4.74 Å². The number of phenols is 1. The molecular weight excluding hydrogens is 382 g/mol. The number of carbonyl (C=O) groups excluding carboxylic acids is 2. The third-order valence-electron chi connectivity index (χ3n) is 6.05. The first-order valence-electron chi connectivity index (χ1n) is 10.2. The summed E-state index contributed by atoms with van der Waals surface area (Å²) in [7, 11) is 1.57. The summed E-state index contributed by atoms with van der Waals surface area (Å²) in [4.78, 5) is 27.7. The third kappa shape index (κ3) is 3.32. The summed E-state index contributed by atoms with van der Waals surface area (Å²) < 4.78 is 5.28. The van der Waals surface area contributed by atoms with Crippen LogP contribution in [0, 0.1) is 6.92 Å². The number of aromatic hydroxyl groups is 1. The summed E-state index contributed by atoms with van der Waals surface area (Å²) >= 11 is 0. The molecule has 30 heavy (non-hydrogen) atoms. The van der Waals surface area contributed by atoms with Crippen molar-refractivity contribution in [2.24, 2.45) is 0 Å². The number of amides is 1. The minimum absolute atomic E-state index is 0.0461. The van der Waals surface area contributed by atoms with Gasteiger partial charge in [-0.15, -0.1) is 0 Å². The topological polar surface area (TPSA) is 87.1 Å². The first-order chi connectivity index (χ1) is 14.4. The van der Waals surface area contributed by atoms with Crippen LogP contribution in [0.1, 0.15) is 48.4 Å². The highest BCUT2D eigenvalue weighted by Crippen LogP contribution is 2.44. The molecule has 1 atom stereocenters. The van der Waals surface area contributed by atoms with E-state index >= 15 is 0 Å². The zero-order valence-corrected chi connectivity index (χ0v) is 17.1. The largest absolute Gasteiger partial charge is 0.508 e. The van der Waals surface area contributed by atoms with Crippen LogP contribution >= 0.6 is 0 Å². The number of aliphatic hydroxyl groups is 1. The first-order valence-corrected chi connectivity index (χ1v) is 10.2. The molecule has 6 heteroatoms. The van der Waals surface area contributed by atoms with Crippen molar-refractivity contribution in [2.75, 3.05) is 7.11 Å². The maximum absolute atomic E-state index is 13.1. The SMILES string of the molecule is COc1ccc(/C(O)=C2/C(=O)C(=O)N(C3CCCC3)C2c2cccc(O)c2)cc1C. The van der Waals surface area contributed by atoms with Crippen molar-refractivity contribution in [2.45, 2.75) is 44.7 Å². The minimum Gasteiger partial charge on any atom is -0.508 e. The third-order valence-corrected chi connectivity index (χ3v) is 6.05. The molecule has 4 rings (SSSR count). The van der Waals surface area contributed by atoms with Crippen LogP contribution in [0.3, 0.4) is 0 Å². The van der Waals surface area contributed by atoms with Gasteiger partial charge >= 0.3 is 0 Å². The number of nitrogens with zero attached hydrogens (tertiary/aromatic N) is 1. The number of aryl methyl sites for hydroxylation is 1. The summed E-state index contributed by atoms with van der Waals surface area (Å²) in [6.45, 7) is 1.85. The Morgan fingerprint density at radius 3 is 2.47 bits per heavy atom. The average molecular weight is 407 g/mol. The van der Waals surface area contributed by atoms with Crippen molar-refractivity contribution in [3.63, 3.8) is 0 Å². The number of likely N-dealkylation sites (tertiary alicyclic amines) is 1. The van der Waals surface area contributed by atoms with Crippen LogP contribution in [-0.4, -0.2) is 40.0 Å². The average Bonchev–Trinajstić information content (AvgIpc) is 3.34. The molecule has 1 amide bonds. The van der Waals surface area contributed by atoms with E-state index in [-0.39, 0.29) is 23.1 Å². The van der Waals surface area contributed by atoms with Gasteiger partial charge in [0.05, 0.1) is 18.7 Å². The Balaban J connectivity index is 1.89. The van der Waals surface area contributed by atoms with Gasteiger partial charge in [0.1, 0.15) is 17.3 Å². The quantitative estimate of drug-likeness (QED) is 0.453. The van der Waals surface area contributed by atoms with E-state index in [2.05, 4.69) is 0 Å². The predicted octanol–water partition coefficient (Wildman–Crippen LogP) is 4.07. The van der Waals surface area contributed by atoms with Gasteiger partial charge in [-0.2, -0.15) is 0 Å². The van der Waals surface area contributed by atoms with E-state index < -0.39 is 17.7 Å². The van der Waals surface area contributed by atoms with Gasteiger partial charge in [0.2, 0.25) is 0 Å². The molecule has 1 heterocycles. The number of carbonyl (C=O) groups is 2. The lowest BCUT2D eigenvalue weighted by Crippen LogP contribution is -2.37. The van der Waals surface area contributed by atoms with Crippen molar-refractivity contribution in [3.05, 3.63) is 64.7 Å². The molecule has 2 aromatic carbocycles. The summed E-state index contributed by atoms with van der Waals surface area (Å²) in [5.74, 6) is -0.788. The highest BCUT2D eigenvalue weighted by molar-refractivity contribution is 6.46. The molecular formula is C24H25NO5. The smallest absolute Gasteiger partial charge is 0.295 e. The minimum atomic E-state index is -0.734. The number of phenolic OH excluding ortho intramolecular Hbond substituents is 1. The number of methoxy groups -OCH3 is 1. The van der Waals surface area contributed by atoms with E-state index in [0.29, 0.717) is 16.9 Å². The Hall–Kier alpha value is -3.28. The number of rotatable bonds is 4. The van der Waals surface area contributed by atoms with Crippen molar-refractivity contribution in [1.82, 2.24) is 4.90 Å². The summed E-state index contributed by atoms with van der Waals surface area (Å²) in [5, 5.41) is 21.1. The fourth-order valence-electron chi connectivity index (χ4n) is 4.61. The molecule has 2 aliphatic rings. The maximum Gasteiger partial charge on any atom is 0.295 e. The van der Waals surface area contributed by atoms with Gasteiger partial charge in [-0.05, 0) is 61.2 Å². The van der Waals surface area contributed by atoms with Crippen LogP contribution in [0.25, 0.3) is 5.76 Å². The van der Waals surface area contributed by atoms with Gasteiger partial charge in [-0.3, -0.25) is 9.59 Å². The molecule has 0 bridgehead atoms. The van der Waals surface area contributed by atoms with Crippen LogP contribution in [0.15, 0.2) is 48.0 Å². The van der Waals surface area contributed by atoms with E-state index in [1.54, 1.807) is 48.4 Å². The first kappa shape index (κ1) is 20.0. The van der Waals surface area contributed by atoms with E-state index in [9.17, 15) is 19.8 Å². The molecule has 2 aromatic rings. The second-order valence-electron chi connectivity index (χ2n) is 7.92. The highest BCUT2D eigenvalue weighted by Gasteiger charge is 2.49. The van der Waals surface area contributed by atoms with E-state index in [4.69, 9.17) is 4.74 Å². The summed E-state index contributed by atoms with van der Waals surface area (Å²) in [5.41, 5.74) is 1.92. The fraction of sp³-hybridized carbons (Fsp3) is 0.333. The molecule has 1 saturated heterocycles. The molecule has 2 fully saturated rings. The number of ether oxygens (including phenoxy) is 1. The van der Waals surface area contributed by atoms with Crippen molar-refractivity contribution < 1.29 is 24.5 Å². The standard InChI is InChI=1S/C24H25NO5/c1-14-12-16(10-11-19(14)30-2)22(27)20-21(15-6-5-9-18(26)13-15)25(24(29)23(20)28)17-7-3-4-8-17/h5-6,9-13,17,21,26-27H,3-4,7-8H2,1-2H3/b22-20-. The highest BCUT2D eigenvalue weighted by atomic mass is 16.5. The number of hydrogen-bond acceptors (Lipinski definition) is 5. The second kappa shape index (κ2) is 7.86. The Kier molecular flexibility index (Phi) is 5.24. The molecule has 1 aliphatic heterocycles. The fourth-order valence-corrected chi connectivity index (χ4v) is 4.61. The lowest BCUT2D eigenvalue weighted by atomic mass is 9.94. The molecule has 2 N–H and O–H groups in total. The molecule has 156 valence electrons. The Bertz CT molecular complexity index is 1040. The zero-order chi connectivity index (χ0) is 21.4. The molecule has 6 nitrogen and oxygen atoms in total. The van der Waals surface area contributed by atoms with Crippen LogP contribution in [0.2, 0.25) is 0 Å². The van der Waals surface area contributed by atoms with Crippen LogP contribution in [0.4, 0.5) is 0 Å². The Morgan fingerprint density at radius 1 is 1.10 bits per heavy atom.